The molecular weight excluding hydrogens is 204 g/mol. The molecule has 2 rings (SSSR count). The molecule has 4 heteroatoms. The van der Waals surface area contributed by atoms with Gasteiger partial charge >= 0.3 is 5.97 Å². The standard InChI is InChI=1S/C12H16N2O2/c13-10-6-7-14(8-10)11(12(15)16)9-4-2-1-3-5-9/h1-5,10-11H,6-8,13H2,(H,15,16). The SMILES string of the molecule is NC1CCN(C(C(=O)O)c2ccccc2)C1. The van der Waals surface area contributed by atoms with Crippen molar-refractivity contribution in [1.29, 1.82) is 0 Å². The second-order valence-electron chi connectivity index (χ2n) is 4.20. The number of likely N-dealkylation sites (tertiary alicyclic amines) is 1. The van der Waals surface area contributed by atoms with E-state index in [0.717, 1.165) is 18.5 Å². The lowest BCUT2D eigenvalue weighted by Gasteiger charge is -2.24. The Bertz CT molecular complexity index is 367. The summed E-state index contributed by atoms with van der Waals surface area (Å²) in [5, 5.41) is 9.29. The number of carboxylic acids is 1. The Morgan fingerprint density at radius 3 is 2.62 bits per heavy atom. The molecule has 4 nitrogen and oxygen atoms in total. The first kappa shape index (κ1) is 11.1. The van der Waals surface area contributed by atoms with Gasteiger partial charge < -0.3 is 10.8 Å². The number of carboxylic acid groups (broad SMARTS) is 1. The van der Waals surface area contributed by atoms with Crippen LogP contribution in [0, 0.1) is 0 Å². The molecule has 1 fully saturated rings. The average Bonchev–Trinajstić information content (AvgIpc) is 2.66. The normalized spacial score (nSPS) is 23.2. The van der Waals surface area contributed by atoms with Crippen LogP contribution in [0.3, 0.4) is 0 Å². The van der Waals surface area contributed by atoms with Gasteiger partial charge in [0.05, 0.1) is 0 Å². The Balaban J connectivity index is 2.21. The van der Waals surface area contributed by atoms with Gasteiger partial charge in [0.15, 0.2) is 0 Å². The molecule has 1 heterocycles. The smallest absolute Gasteiger partial charge is 0.325 e. The third-order valence-electron chi connectivity index (χ3n) is 2.97. The maximum absolute atomic E-state index is 11.3. The lowest BCUT2D eigenvalue weighted by molar-refractivity contribution is -0.143. The largest absolute Gasteiger partial charge is 0.480 e. The fourth-order valence-electron chi connectivity index (χ4n) is 2.19. The summed E-state index contributed by atoms with van der Waals surface area (Å²) in [5.74, 6) is -0.805. The first-order valence-electron chi connectivity index (χ1n) is 5.46. The highest BCUT2D eigenvalue weighted by atomic mass is 16.4. The summed E-state index contributed by atoms with van der Waals surface area (Å²) in [4.78, 5) is 13.2. The average molecular weight is 220 g/mol. The second kappa shape index (κ2) is 4.63. The van der Waals surface area contributed by atoms with E-state index in [4.69, 9.17) is 5.73 Å². The van der Waals surface area contributed by atoms with Gasteiger partial charge in [-0.25, -0.2) is 0 Å². The van der Waals surface area contributed by atoms with Crippen LogP contribution in [0.25, 0.3) is 0 Å². The van der Waals surface area contributed by atoms with E-state index in [2.05, 4.69) is 0 Å². The van der Waals surface area contributed by atoms with Crippen molar-refractivity contribution in [1.82, 2.24) is 4.90 Å². The van der Waals surface area contributed by atoms with Crippen LogP contribution in [0.5, 0.6) is 0 Å². The molecule has 86 valence electrons. The van der Waals surface area contributed by atoms with Crippen molar-refractivity contribution in [3.63, 3.8) is 0 Å². The molecule has 0 aromatic heterocycles. The summed E-state index contributed by atoms with van der Waals surface area (Å²) in [6.07, 6.45) is 0.872. The molecule has 16 heavy (non-hydrogen) atoms. The third kappa shape index (κ3) is 2.23. The summed E-state index contributed by atoms with van der Waals surface area (Å²) in [6.45, 7) is 1.42. The fourth-order valence-corrected chi connectivity index (χ4v) is 2.19. The molecular formula is C12H16N2O2. The Hall–Kier alpha value is -1.39. The van der Waals surface area contributed by atoms with Crippen molar-refractivity contribution >= 4 is 5.97 Å². The summed E-state index contributed by atoms with van der Waals surface area (Å²) in [6, 6.07) is 8.85. The molecule has 1 aliphatic heterocycles. The topological polar surface area (TPSA) is 66.6 Å². The number of rotatable bonds is 3. The number of hydrogen-bond acceptors (Lipinski definition) is 3. The van der Waals surface area contributed by atoms with Crippen LogP contribution >= 0.6 is 0 Å². The van der Waals surface area contributed by atoms with E-state index in [-0.39, 0.29) is 6.04 Å². The first-order chi connectivity index (χ1) is 7.68. The molecule has 3 N–H and O–H groups in total. The summed E-state index contributed by atoms with van der Waals surface area (Å²) < 4.78 is 0. The molecule has 0 amide bonds. The molecule has 0 saturated carbocycles. The molecule has 0 aliphatic carbocycles. The maximum Gasteiger partial charge on any atom is 0.325 e. The lowest BCUT2D eigenvalue weighted by Crippen LogP contribution is -2.34. The number of nitrogens with two attached hydrogens (primary N) is 1. The van der Waals surface area contributed by atoms with E-state index in [0.29, 0.717) is 6.54 Å². The minimum atomic E-state index is -0.805. The summed E-state index contributed by atoms with van der Waals surface area (Å²) in [7, 11) is 0. The summed E-state index contributed by atoms with van der Waals surface area (Å²) >= 11 is 0. The highest BCUT2D eigenvalue weighted by molar-refractivity contribution is 5.75. The van der Waals surface area contributed by atoms with Crippen molar-refractivity contribution in [2.24, 2.45) is 5.73 Å². The van der Waals surface area contributed by atoms with Gasteiger partial charge in [-0.15, -0.1) is 0 Å². The van der Waals surface area contributed by atoms with Crippen molar-refractivity contribution in [3.8, 4) is 0 Å². The van der Waals surface area contributed by atoms with Crippen LogP contribution < -0.4 is 5.73 Å². The minimum absolute atomic E-state index is 0.102. The predicted octanol–water partition coefficient (Wildman–Crippen LogP) is 0.845. The molecule has 1 saturated heterocycles. The van der Waals surface area contributed by atoms with Crippen molar-refractivity contribution in [2.45, 2.75) is 18.5 Å². The minimum Gasteiger partial charge on any atom is -0.480 e. The predicted molar refractivity (Wildman–Crippen MR) is 61.0 cm³/mol. The Labute approximate surface area is 94.7 Å². The number of hydrogen-bond donors (Lipinski definition) is 2. The number of carbonyl (C=O) groups is 1. The van der Waals surface area contributed by atoms with E-state index in [9.17, 15) is 9.90 Å². The van der Waals surface area contributed by atoms with Gasteiger partial charge in [-0.1, -0.05) is 30.3 Å². The van der Waals surface area contributed by atoms with Crippen LogP contribution in [0.15, 0.2) is 30.3 Å². The van der Waals surface area contributed by atoms with E-state index in [1.54, 1.807) is 0 Å². The van der Waals surface area contributed by atoms with Gasteiger partial charge in [0.2, 0.25) is 0 Å². The zero-order valence-electron chi connectivity index (χ0n) is 9.04. The van der Waals surface area contributed by atoms with Gasteiger partial charge in [0, 0.05) is 19.1 Å². The van der Waals surface area contributed by atoms with Crippen LogP contribution in [-0.4, -0.2) is 35.1 Å². The van der Waals surface area contributed by atoms with Crippen LogP contribution in [0.1, 0.15) is 18.0 Å². The molecule has 1 aliphatic rings. The van der Waals surface area contributed by atoms with Gasteiger partial charge in [0.1, 0.15) is 6.04 Å². The molecule has 0 bridgehead atoms. The van der Waals surface area contributed by atoms with Gasteiger partial charge in [-0.3, -0.25) is 9.69 Å². The zero-order chi connectivity index (χ0) is 11.5. The van der Waals surface area contributed by atoms with Crippen molar-refractivity contribution in [3.05, 3.63) is 35.9 Å². The summed E-state index contributed by atoms with van der Waals surface area (Å²) in [5.41, 5.74) is 6.63. The van der Waals surface area contributed by atoms with Gasteiger partial charge in [-0.05, 0) is 12.0 Å². The Kier molecular flexibility index (Phi) is 3.22. The van der Waals surface area contributed by atoms with Crippen LogP contribution in [0.2, 0.25) is 0 Å². The highest BCUT2D eigenvalue weighted by Crippen LogP contribution is 2.24. The van der Waals surface area contributed by atoms with Gasteiger partial charge in [0.25, 0.3) is 0 Å². The quantitative estimate of drug-likeness (QED) is 0.792. The first-order valence-corrected chi connectivity index (χ1v) is 5.46. The molecule has 1 aromatic rings. The van der Waals surface area contributed by atoms with Crippen molar-refractivity contribution in [2.75, 3.05) is 13.1 Å². The molecule has 1 aromatic carbocycles. The molecule has 0 radical (unpaired) electrons. The monoisotopic (exact) mass is 220 g/mol. The van der Waals surface area contributed by atoms with Crippen LogP contribution in [0.4, 0.5) is 0 Å². The van der Waals surface area contributed by atoms with Gasteiger partial charge in [-0.2, -0.15) is 0 Å². The molecule has 2 atom stereocenters. The van der Waals surface area contributed by atoms with E-state index < -0.39 is 12.0 Å². The fraction of sp³-hybridized carbons (Fsp3) is 0.417. The molecule has 0 spiro atoms. The number of nitrogens with zero attached hydrogens (tertiary/aromatic N) is 1. The molecule has 2 unspecified atom stereocenters. The van der Waals surface area contributed by atoms with Crippen LogP contribution in [-0.2, 0) is 4.79 Å². The lowest BCUT2D eigenvalue weighted by atomic mass is 10.1. The van der Waals surface area contributed by atoms with E-state index in [1.165, 1.54) is 0 Å². The third-order valence-corrected chi connectivity index (χ3v) is 2.97. The highest BCUT2D eigenvalue weighted by Gasteiger charge is 2.31. The van der Waals surface area contributed by atoms with Crippen molar-refractivity contribution < 1.29 is 9.90 Å². The van der Waals surface area contributed by atoms with E-state index >= 15 is 0 Å². The zero-order valence-corrected chi connectivity index (χ0v) is 9.04. The number of aliphatic carboxylic acids is 1. The Morgan fingerprint density at radius 2 is 2.12 bits per heavy atom. The number of benzene rings is 1. The second-order valence-corrected chi connectivity index (χ2v) is 4.20. The van der Waals surface area contributed by atoms with E-state index in [1.807, 2.05) is 35.2 Å². The Morgan fingerprint density at radius 1 is 1.44 bits per heavy atom. The maximum atomic E-state index is 11.3.